The highest BCUT2D eigenvalue weighted by Crippen LogP contribution is 1.57. The van der Waals surface area contributed by atoms with Crippen LogP contribution in [-0.4, -0.2) is 59.8 Å². The van der Waals surface area contributed by atoms with Gasteiger partial charge in [-0.25, -0.2) is 58.1 Å². The highest BCUT2D eigenvalue weighted by atomic mass is 16.2. The Morgan fingerprint density at radius 1 is 0.303 bits per heavy atom. The molecule has 0 amide bonds. The number of H-pyrrole nitrogens is 9. The first-order chi connectivity index (χ1) is 15.5. The second-order valence-corrected chi connectivity index (χ2v) is 4.88. The second-order valence-electron chi connectivity index (χ2n) is 4.88. The summed E-state index contributed by atoms with van der Waals surface area (Å²) < 4.78 is 0. The average molecular weight is 468 g/mol. The molecule has 33 heavy (non-hydrogen) atoms. The number of aromatic nitrogens is 12. The molecule has 0 aliphatic carbocycles. The van der Waals surface area contributed by atoms with Crippen LogP contribution in [0.15, 0.2) is 62.1 Å². The fourth-order valence-corrected chi connectivity index (χ4v) is 1.41. The van der Waals surface area contributed by atoms with Crippen molar-refractivity contribution in [2.24, 2.45) is 0 Å². The minimum absolute atomic E-state index is 0.802. The summed E-state index contributed by atoms with van der Waals surface area (Å²) in [5, 5.41) is 0. The Bertz CT molecular complexity index is 1220. The molecule has 174 valence electrons. The van der Waals surface area contributed by atoms with Crippen LogP contribution in [0, 0.1) is 0 Å². The maximum absolute atomic E-state index is 10.2. The van der Waals surface area contributed by atoms with Gasteiger partial charge in [-0.15, -0.1) is 0 Å². The normalized spacial score (nSPS) is 9.09. The Morgan fingerprint density at radius 3 is 0.515 bits per heavy atom. The fourth-order valence-electron chi connectivity index (χ4n) is 1.41. The monoisotopic (exact) mass is 468 g/mol. The maximum atomic E-state index is 10.2. The summed E-state index contributed by atoms with van der Waals surface area (Å²) in [6, 6.07) is 0. The van der Waals surface area contributed by atoms with Crippen molar-refractivity contribution in [2.75, 3.05) is 0 Å². The van der Waals surface area contributed by atoms with Gasteiger partial charge in [0.2, 0.25) is 0 Å². The number of nitrogens with zero attached hydrogens (tertiary/aromatic N) is 3. The molecule has 0 bridgehead atoms. The maximum Gasteiger partial charge on any atom is 0.330 e. The largest absolute Gasteiger partial charge is 0.330 e. The van der Waals surface area contributed by atoms with E-state index >= 15 is 0 Å². The van der Waals surface area contributed by atoms with E-state index in [1.807, 2.05) is 0 Å². The zero-order chi connectivity index (χ0) is 24.8. The summed E-state index contributed by atoms with van der Waals surface area (Å²) >= 11 is 0. The first-order valence-electron chi connectivity index (χ1n) is 7.89. The lowest BCUT2D eigenvalue weighted by Gasteiger charge is -1.77. The van der Waals surface area contributed by atoms with E-state index in [9.17, 15) is 43.2 Å². The minimum Gasteiger partial charge on any atom is -0.259 e. The van der Waals surface area contributed by atoms with Crippen LogP contribution in [0.25, 0.3) is 0 Å². The Hall–Kier alpha value is -5.76. The second kappa shape index (κ2) is 12.7. The van der Waals surface area contributed by atoms with Crippen molar-refractivity contribution in [3.05, 3.63) is 113 Å². The van der Waals surface area contributed by atoms with Gasteiger partial charge in [0, 0.05) is 0 Å². The van der Waals surface area contributed by atoms with Crippen molar-refractivity contribution in [3.63, 3.8) is 0 Å². The molecule has 0 unspecified atom stereocenters. The highest BCUT2D eigenvalue weighted by Gasteiger charge is 1.86. The average Bonchev–Trinajstić information content (AvgIpc) is 2.67. The Labute approximate surface area is 174 Å². The van der Waals surface area contributed by atoms with Crippen LogP contribution < -0.4 is 51.2 Å². The van der Waals surface area contributed by atoms with E-state index in [0.29, 0.717) is 0 Å². The lowest BCUT2D eigenvalue weighted by molar-refractivity contribution is 0.887. The lowest BCUT2D eigenvalue weighted by atomic mass is 11.0. The molecule has 4 aromatic rings. The molecule has 9 N–H and O–H groups in total. The quantitative estimate of drug-likeness (QED) is 0.116. The molecule has 0 spiro atoms. The zero-order valence-corrected chi connectivity index (χ0v) is 15.7. The number of aromatic amines is 9. The third-order valence-electron chi connectivity index (χ3n) is 2.44. The summed E-state index contributed by atoms with van der Waals surface area (Å²) in [6.07, 6.45) is 4.31. The van der Waals surface area contributed by atoms with Crippen molar-refractivity contribution in [3.8, 4) is 0 Å². The van der Waals surface area contributed by atoms with E-state index in [0.717, 1.165) is 0 Å². The predicted molar refractivity (Wildman–Crippen MR) is 105 cm³/mol. The van der Waals surface area contributed by atoms with Crippen LogP contribution >= 0.6 is 0 Å². The van der Waals surface area contributed by atoms with Gasteiger partial charge in [0.1, 0.15) is 19.0 Å². The van der Waals surface area contributed by atoms with Crippen LogP contribution in [0.5, 0.6) is 0 Å². The molecule has 0 aromatic carbocycles. The van der Waals surface area contributed by atoms with E-state index in [-0.39, 0.29) is 0 Å². The van der Waals surface area contributed by atoms with Gasteiger partial charge in [-0.2, -0.15) is 0 Å². The van der Waals surface area contributed by atoms with Gasteiger partial charge < -0.3 is 0 Å². The van der Waals surface area contributed by atoms with Crippen LogP contribution in [0.2, 0.25) is 0 Å². The molecule has 4 heterocycles. The number of hydrogen-bond acceptors (Lipinski definition) is 12. The number of rotatable bonds is 0. The van der Waals surface area contributed by atoms with E-state index in [1.54, 1.807) is 44.9 Å². The molecule has 0 saturated carbocycles. The number of nitrogens with one attached hydrogen (secondary N) is 9. The SMILES string of the molecule is O=c1[nH]c(=O)[nH]c(=O)[nH]1.O=c1[nH]c(=O)[nH]c(=O)[nH]1.O=c1[nH]c(=O)[nH]c(=O)[nH]1.c1ncncn1. The summed E-state index contributed by atoms with van der Waals surface area (Å²) in [4.78, 5) is 118. The molecule has 21 heteroatoms. The van der Waals surface area contributed by atoms with Crippen molar-refractivity contribution in [1.29, 1.82) is 0 Å². The molecule has 0 atom stereocenters. The summed E-state index contributed by atoms with van der Waals surface area (Å²) in [7, 11) is 0. The summed E-state index contributed by atoms with van der Waals surface area (Å²) in [5.74, 6) is 0. The van der Waals surface area contributed by atoms with Gasteiger partial charge in [-0.05, 0) is 0 Å². The first kappa shape index (κ1) is 25.3. The van der Waals surface area contributed by atoms with Gasteiger partial charge in [0.15, 0.2) is 0 Å². The van der Waals surface area contributed by atoms with Gasteiger partial charge in [-0.1, -0.05) is 0 Å². The predicted octanol–water partition coefficient (Wildman–Crippen LogP) is -6.87. The van der Waals surface area contributed by atoms with Crippen LogP contribution in [0.3, 0.4) is 0 Å². The van der Waals surface area contributed by atoms with Crippen LogP contribution in [0.4, 0.5) is 0 Å². The molecule has 4 rings (SSSR count). The van der Waals surface area contributed by atoms with E-state index in [1.165, 1.54) is 19.0 Å². The Morgan fingerprint density at radius 2 is 0.424 bits per heavy atom. The van der Waals surface area contributed by atoms with Gasteiger partial charge in [0.05, 0.1) is 0 Å². The van der Waals surface area contributed by atoms with Crippen molar-refractivity contribution in [2.45, 2.75) is 0 Å². The van der Waals surface area contributed by atoms with Gasteiger partial charge in [-0.3, -0.25) is 44.9 Å². The molecule has 0 fully saturated rings. The first-order valence-corrected chi connectivity index (χ1v) is 7.89. The van der Waals surface area contributed by atoms with Crippen LogP contribution in [-0.2, 0) is 0 Å². The standard InChI is InChI=1S/3C3H3N3O3.C3H3N3/c3*7-1-4-2(8)6-3(9)5-1;1-4-2-6-3-5-1/h3*(H3,4,5,6,7,8,9);1-3H. The molecule has 0 aliphatic rings. The summed E-state index contributed by atoms with van der Waals surface area (Å²) in [5.41, 5.74) is -7.22. The molecule has 0 saturated heterocycles. The third-order valence-corrected chi connectivity index (χ3v) is 2.44. The smallest absolute Gasteiger partial charge is 0.259 e. The topological polar surface area (TPSA) is 334 Å². The molecular formula is C12H12N12O9. The minimum atomic E-state index is -0.802. The molecule has 0 radical (unpaired) electrons. The molecule has 4 aromatic heterocycles. The van der Waals surface area contributed by atoms with E-state index in [4.69, 9.17) is 0 Å². The van der Waals surface area contributed by atoms with Crippen molar-refractivity contribution in [1.82, 2.24) is 59.8 Å². The van der Waals surface area contributed by atoms with E-state index < -0.39 is 51.2 Å². The fraction of sp³-hybridized carbons (Fsp3) is 0. The van der Waals surface area contributed by atoms with Crippen LogP contribution in [0.1, 0.15) is 0 Å². The Kier molecular flexibility index (Phi) is 9.75. The number of hydrogen-bond donors (Lipinski definition) is 9. The van der Waals surface area contributed by atoms with Gasteiger partial charge >= 0.3 is 51.2 Å². The Balaban J connectivity index is 0.000000222. The molecule has 21 nitrogen and oxygen atoms in total. The lowest BCUT2D eigenvalue weighted by Crippen LogP contribution is -2.34. The molecular weight excluding hydrogens is 456 g/mol. The summed E-state index contributed by atoms with van der Waals surface area (Å²) in [6.45, 7) is 0. The van der Waals surface area contributed by atoms with Gasteiger partial charge in [0.25, 0.3) is 0 Å². The third kappa shape index (κ3) is 11.7. The zero-order valence-electron chi connectivity index (χ0n) is 15.7. The van der Waals surface area contributed by atoms with E-state index in [2.05, 4.69) is 15.0 Å². The molecule has 0 aliphatic heterocycles. The van der Waals surface area contributed by atoms with Crippen molar-refractivity contribution >= 4 is 0 Å². The van der Waals surface area contributed by atoms with Crippen molar-refractivity contribution < 1.29 is 0 Å². The highest BCUT2D eigenvalue weighted by molar-refractivity contribution is 4.62.